The number of carbonyl (C=O) groups is 2. The molecule has 0 radical (unpaired) electrons. The molecule has 0 aromatic heterocycles. The second kappa shape index (κ2) is 2.53. The Bertz CT molecular complexity index is 202. The van der Waals surface area contributed by atoms with Gasteiger partial charge in [0.2, 0.25) is 5.91 Å². The molecule has 1 aliphatic heterocycles. The summed E-state index contributed by atoms with van der Waals surface area (Å²) in [5.74, 6) is -1.41. The van der Waals surface area contributed by atoms with Crippen LogP contribution in [0.3, 0.4) is 0 Å². The van der Waals surface area contributed by atoms with Crippen molar-refractivity contribution in [2.45, 2.75) is 19.9 Å². The van der Waals surface area contributed by atoms with Gasteiger partial charge in [-0.2, -0.15) is 0 Å². The Balaban J connectivity index is 2.74. The van der Waals surface area contributed by atoms with Crippen molar-refractivity contribution in [3.05, 3.63) is 0 Å². The topological polar surface area (TPSA) is 66.4 Å². The van der Waals surface area contributed by atoms with E-state index in [-0.39, 0.29) is 17.7 Å². The number of rotatable bonds is 1. The van der Waals surface area contributed by atoms with Crippen LogP contribution in [0.5, 0.6) is 0 Å². The van der Waals surface area contributed by atoms with E-state index >= 15 is 0 Å². The third-order valence-electron chi connectivity index (χ3n) is 2.29. The molecule has 0 aliphatic carbocycles. The number of amides is 1. The summed E-state index contributed by atoms with van der Waals surface area (Å²) in [5, 5.41) is 11.0. The van der Waals surface area contributed by atoms with Crippen LogP contribution in [-0.4, -0.2) is 23.0 Å². The van der Waals surface area contributed by atoms with E-state index in [1.807, 2.05) is 0 Å². The standard InChI is InChI=1S/C7H11NO3/c1-3-4(2)6(9)8-5(3)7(10)11/h3-5H,1-2H3,(H,8,9)(H,10,11)/t3-,4+,5+/m1/s1. The third-order valence-corrected chi connectivity index (χ3v) is 2.29. The Morgan fingerprint density at radius 2 is 2.09 bits per heavy atom. The second-order valence-electron chi connectivity index (χ2n) is 2.97. The number of nitrogens with one attached hydrogen (secondary N) is 1. The zero-order valence-corrected chi connectivity index (χ0v) is 6.50. The van der Waals surface area contributed by atoms with Crippen LogP contribution < -0.4 is 5.32 Å². The number of hydrogen-bond donors (Lipinski definition) is 2. The van der Waals surface area contributed by atoms with Crippen LogP contribution in [0, 0.1) is 11.8 Å². The Kier molecular flexibility index (Phi) is 1.85. The highest BCUT2D eigenvalue weighted by molar-refractivity contribution is 5.89. The molecule has 0 bridgehead atoms. The van der Waals surface area contributed by atoms with E-state index < -0.39 is 12.0 Å². The molecule has 4 heteroatoms. The maximum absolute atomic E-state index is 10.9. The maximum Gasteiger partial charge on any atom is 0.326 e. The molecule has 0 saturated carbocycles. The Morgan fingerprint density at radius 3 is 2.27 bits per heavy atom. The zero-order valence-electron chi connectivity index (χ0n) is 6.50. The van der Waals surface area contributed by atoms with Crippen molar-refractivity contribution in [3.63, 3.8) is 0 Å². The minimum Gasteiger partial charge on any atom is -0.480 e. The SMILES string of the molecule is C[C@@H]1[C@H](C)C(=O)N[C@@H]1C(=O)O. The van der Waals surface area contributed by atoms with E-state index in [1.54, 1.807) is 13.8 Å². The molecular weight excluding hydrogens is 146 g/mol. The highest BCUT2D eigenvalue weighted by Gasteiger charge is 2.40. The second-order valence-corrected chi connectivity index (χ2v) is 2.97. The molecule has 2 N–H and O–H groups in total. The molecule has 1 aliphatic rings. The summed E-state index contributed by atoms with van der Waals surface area (Å²) in [7, 11) is 0. The van der Waals surface area contributed by atoms with Gasteiger partial charge in [-0.15, -0.1) is 0 Å². The minimum atomic E-state index is -0.949. The minimum absolute atomic E-state index is 0.111. The van der Waals surface area contributed by atoms with Gasteiger partial charge in [-0.3, -0.25) is 4.79 Å². The predicted octanol–water partition coefficient (Wildman–Crippen LogP) is -0.158. The number of aliphatic carboxylic acids is 1. The van der Waals surface area contributed by atoms with Gasteiger partial charge in [0, 0.05) is 5.92 Å². The van der Waals surface area contributed by atoms with Crippen LogP contribution in [0.1, 0.15) is 13.8 Å². The van der Waals surface area contributed by atoms with E-state index in [9.17, 15) is 9.59 Å². The summed E-state index contributed by atoms with van der Waals surface area (Å²) < 4.78 is 0. The molecule has 0 unspecified atom stereocenters. The van der Waals surface area contributed by atoms with E-state index in [4.69, 9.17) is 5.11 Å². The van der Waals surface area contributed by atoms with Gasteiger partial charge < -0.3 is 10.4 Å². The first-order valence-electron chi connectivity index (χ1n) is 3.57. The summed E-state index contributed by atoms with van der Waals surface area (Å²) in [6, 6.07) is -0.697. The monoisotopic (exact) mass is 157 g/mol. The molecule has 3 atom stereocenters. The summed E-state index contributed by atoms with van der Waals surface area (Å²) >= 11 is 0. The lowest BCUT2D eigenvalue weighted by Gasteiger charge is -2.10. The van der Waals surface area contributed by atoms with Crippen LogP contribution in [0.4, 0.5) is 0 Å². The first kappa shape index (κ1) is 8.04. The van der Waals surface area contributed by atoms with Gasteiger partial charge in [-0.1, -0.05) is 13.8 Å². The van der Waals surface area contributed by atoms with E-state index in [0.29, 0.717) is 0 Å². The fourth-order valence-electron chi connectivity index (χ4n) is 1.23. The highest BCUT2D eigenvalue weighted by Crippen LogP contribution is 2.22. The van der Waals surface area contributed by atoms with Gasteiger partial charge in [0.15, 0.2) is 0 Å². The van der Waals surface area contributed by atoms with Crippen LogP contribution >= 0.6 is 0 Å². The molecule has 11 heavy (non-hydrogen) atoms. The van der Waals surface area contributed by atoms with Crippen LogP contribution in [0.25, 0.3) is 0 Å². The van der Waals surface area contributed by atoms with Crippen molar-refractivity contribution < 1.29 is 14.7 Å². The van der Waals surface area contributed by atoms with E-state index in [0.717, 1.165) is 0 Å². The number of carboxylic acid groups (broad SMARTS) is 1. The number of carboxylic acids is 1. The quantitative estimate of drug-likeness (QED) is 0.556. The van der Waals surface area contributed by atoms with Gasteiger partial charge >= 0.3 is 5.97 Å². The zero-order chi connectivity index (χ0) is 8.59. The van der Waals surface area contributed by atoms with Gasteiger partial charge in [0.1, 0.15) is 6.04 Å². The summed E-state index contributed by atoms with van der Waals surface area (Å²) in [6.45, 7) is 3.50. The Morgan fingerprint density at radius 1 is 1.55 bits per heavy atom. The fourth-order valence-corrected chi connectivity index (χ4v) is 1.23. The lowest BCUT2D eigenvalue weighted by atomic mass is 9.94. The average Bonchev–Trinajstić information content (AvgIpc) is 2.17. The summed E-state index contributed by atoms with van der Waals surface area (Å²) in [5.41, 5.74) is 0. The highest BCUT2D eigenvalue weighted by atomic mass is 16.4. The maximum atomic E-state index is 10.9. The first-order chi connectivity index (χ1) is 5.04. The first-order valence-corrected chi connectivity index (χ1v) is 3.57. The normalized spacial score (nSPS) is 36.9. The van der Waals surface area contributed by atoms with E-state index in [2.05, 4.69) is 5.32 Å². The van der Waals surface area contributed by atoms with Crippen molar-refractivity contribution in [2.24, 2.45) is 11.8 Å². The van der Waals surface area contributed by atoms with Gasteiger partial charge in [0.25, 0.3) is 0 Å². The van der Waals surface area contributed by atoms with Gasteiger partial charge in [0.05, 0.1) is 0 Å². The Hall–Kier alpha value is -1.06. The third kappa shape index (κ3) is 1.20. The Labute approximate surface area is 64.6 Å². The largest absolute Gasteiger partial charge is 0.480 e. The fraction of sp³-hybridized carbons (Fsp3) is 0.714. The van der Waals surface area contributed by atoms with Crippen molar-refractivity contribution in [1.29, 1.82) is 0 Å². The van der Waals surface area contributed by atoms with Crippen LogP contribution in [0.2, 0.25) is 0 Å². The van der Waals surface area contributed by atoms with Crippen molar-refractivity contribution >= 4 is 11.9 Å². The van der Waals surface area contributed by atoms with Gasteiger partial charge in [-0.25, -0.2) is 4.79 Å². The van der Waals surface area contributed by atoms with Crippen molar-refractivity contribution in [3.8, 4) is 0 Å². The lowest BCUT2D eigenvalue weighted by Crippen LogP contribution is -2.35. The molecular formula is C7H11NO3. The van der Waals surface area contributed by atoms with Crippen LogP contribution in [-0.2, 0) is 9.59 Å². The molecule has 0 spiro atoms. The molecule has 62 valence electrons. The average molecular weight is 157 g/mol. The molecule has 4 nitrogen and oxygen atoms in total. The molecule has 0 aromatic rings. The van der Waals surface area contributed by atoms with Crippen molar-refractivity contribution in [2.75, 3.05) is 0 Å². The molecule has 1 rings (SSSR count). The predicted molar refractivity (Wildman–Crippen MR) is 37.9 cm³/mol. The molecule has 1 heterocycles. The lowest BCUT2D eigenvalue weighted by molar-refractivity contribution is -0.140. The molecule has 1 saturated heterocycles. The van der Waals surface area contributed by atoms with Crippen molar-refractivity contribution in [1.82, 2.24) is 5.32 Å². The smallest absolute Gasteiger partial charge is 0.326 e. The molecule has 0 aromatic carbocycles. The van der Waals surface area contributed by atoms with E-state index in [1.165, 1.54) is 0 Å². The summed E-state index contributed by atoms with van der Waals surface area (Å²) in [4.78, 5) is 21.4. The number of hydrogen-bond acceptors (Lipinski definition) is 2. The molecule has 1 fully saturated rings. The van der Waals surface area contributed by atoms with Gasteiger partial charge in [-0.05, 0) is 5.92 Å². The van der Waals surface area contributed by atoms with Crippen LogP contribution in [0.15, 0.2) is 0 Å². The number of carbonyl (C=O) groups excluding carboxylic acids is 1. The molecule has 1 amide bonds. The summed E-state index contributed by atoms with van der Waals surface area (Å²) in [6.07, 6.45) is 0.